The van der Waals surface area contributed by atoms with Gasteiger partial charge in [0.1, 0.15) is 10.7 Å². The van der Waals surface area contributed by atoms with Crippen LogP contribution in [0.5, 0.6) is 0 Å². The Hall–Kier alpha value is -0.630. The van der Waals surface area contributed by atoms with Gasteiger partial charge in [0, 0.05) is 14.0 Å². The SMILES string of the molecule is O=S(=O)(Nc1ccc(Cl)cc1Br)c1ccc(F)cc1Br. The molecule has 0 aliphatic carbocycles. The van der Waals surface area contributed by atoms with Gasteiger partial charge in [-0.05, 0) is 68.3 Å². The predicted molar refractivity (Wildman–Crippen MR) is 84.1 cm³/mol. The summed E-state index contributed by atoms with van der Waals surface area (Å²) in [5.74, 6) is -0.525. The summed E-state index contributed by atoms with van der Waals surface area (Å²) in [5.41, 5.74) is 0.339. The zero-order valence-electron chi connectivity index (χ0n) is 9.70. The van der Waals surface area contributed by atoms with Crippen LogP contribution in [0, 0.1) is 5.82 Å². The lowest BCUT2D eigenvalue weighted by atomic mass is 10.3. The molecule has 0 radical (unpaired) electrons. The molecule has 0 bridgehead atoms. The van der Waals surface area contributed by atoms with Gasteiger partial charge >= 0.3 is 0 Å². The first-order valence-electron chi connectivity index (χ1n) is 5.22. The summed E-state index contributed by atoms with van der Waals surface area (Å²) in [7, 11) is -3.83. The molecule has 2 rings (SSSR count). The van der Waals surface area contributed by atoms with Crippen LogP contribution in [0.2, 0.25) is 5.02 Å². The van der Waals surface area contributed by atoms with Gasteiger partial charge in [-0.2, -0.15) is 0 Å². The van der Waals surface area contributed by atoms with Crippen molar-refractivity contribution in [1.82, 2.24) is 0 Å². The molecule has 0 spiro atoms. The van der Waals surface area contributed by atoms with Gasteiger partial charge in [0.2, 0.25) is 0 Å². The first-order valence-corrected chi connectivity index (χ1v) is 8.67. The van der Waals surface area contributed by atoms with Gasteiger partial charge in [-0.25, -0.2) is 12.8 Å². The summed E-state index contributed by atoms with van der Waals surface area (Å²) in [6, 6.07) is 8.01. The second-order valence-electron chi connectivity index (χ2n) is 3.80. The molecular formula is C12H7Br2ClFNO2S. The summed E-state index contributed by atoms with van der Waals surface area (Å²) in [5, 5.41) is 0.475. The van der Waals surface area contributed by atoms with Crippen molar-refractivity contribution in [2.45, 2.75) is 4.90 Å². The number of benzene rings is 2. The van der Waals surface area contributed by atoms with Crippen LogP contribution in [-0.2, 0) is 10.0 Å². The van der Waals surface area contributed by atoms with E-state index in [1.54, 1.807) is 12.1 Å². The Kier molecular flexibility index (Phi) is 4.73. The van der Waals surface area contributed by atoms with E-state index >= 15 is 0 Å². The third kappa shape index (κ3) is 3.52. The Morgan fingerprint density at radius 2 is 1.75 bits per heavy atom. The standard InChI is InChI=1S/C12H7Br2ClFNO2S/c13-9-5-7(15)1-3-11(9)17-20(18,19)12-4-2-8(16)6-10(12)14/h1-6,17H. The molecule has 0 unspecified atom stereocenters. The zero-order chi connectivity index (χ0) is 14.9. The van der Waals surface area contributed by atoms with Crippen molar-refractivity contribution in [3.63, 3.8) is 0 Å². The van der Waals surface area contributed by atoms with E-state index in [-0.39, 0.29) is 9.37 Å². The van der Waals surface area contributed by atoms with Gasteiger partial charge in [0.15, 0.2) is 0 Å². The molecule has 2 aromatic carbocycles. The van der Waals surface area contributed by atoms with E-state index in [1.807, 2.05) is 0 Å². The van der Waals surface area contributed by atoms with E-state index in [2.05, 4.69) is 36.6 Å². The molecule has 0 saturated carbocycles. The summed E-state index contributed by atoms with van der Waals surface area (Å²) < 4.78 is 40.6. The number of anilines is 1. The van der Waals surface area contributed by atoms with Crippen LogP contribution in [0.3, 0.4) is 0 Å². The van der Waals surface area contributed by atoms with Crippen LogP contribution >= 0.6 is 43.5 Å². The lowest BCUT2D eigenvalue weighted by Gasteiger charge is -2.11. The lowest BCUT2D eigenvalue weighted by molar-refractivity contribution is 0.599. The Labute approximate surface area is 137 Å². The average molecular weight is 444 g/mol. The largest absolute Gasteiger partial charge is 0.278 e. The highest BCUT2D eigenvalue weighted by Gasteiger charge is 2.19. The van der Waals surface area contributed by atoms with Gasteiger partial charge < -0.3 is 0 Å². The fraction of sp³-hybridized carbons (Fsp3) is 0. The quantitative estimate of drug-likeness (QED) is 0.741. The van der Waals surface area contributed by atoms with Crippen molar-refractivity contribution >= 4 is 59.2 Å². The predicted octanol–water partition coefficient (Wildman–Crippen LogP) is 4.80. The summed E-state index contributed by atoms with van der Waals surface area (Å²) in [6.07, 6.45) is 0. The molecule has 8 heteroatoms. The fourth-order valence-electron chi connectivity index (χ4n) is 1.47. The topological polar surface area (TPSA) is 46.2 Å². The molecule has 0 aliphatic heterocycles. The van der Waals surface area contributed by atoms with Crippen LogP contribution in [0.25, 0.3) is 0 Å². The number of sulfonamides is 1. The van der Waals surface area contributed by atoms with Gasteiger partial charge in [-0.1, -0.05) is 11.6 Å². The Morgan fingerprint density at radius 3 is 2.35 bits per heavy atom. The third-order valence-corrected chi connectivity index (χ3v) is 5.59. The highest BCUT2D eigenvalue weighted by Crippen LogP contribution is 2.30. The number of hydrogen-bond acceptors (Lipinski definition) is 2. The molecule has 0 fully saturated rings. The van der Waals surface area contributed by atoms with Crippen molar-refractivity contribution in [1.29, 1.82) is 0 Å². The van der Waals surface area contributed by atoms with E-state index in [9.17, 15) is 12.8 Å². The van der Waals surface area contributed by atoms with E-state index in [4.69, 9.17) is 11.6 Å². The Bertz CT molecular complexity index is 768. The molecule has 0 aliphatic rings. The summed E-state index contributed by atoms with van der Waals surface area (Å²) in [4.78, 5) is -0.0549. The van der Waals surface area contributed by atoms with Gasteiger partial charge in [-0.3, -0.25) is 4.72 Å². The molecule has 3 nitrogen and oxygen atoms in total. The van der Waals surface area contributed by atoms with Crippen LogP contribution in [-0.4, -0.2) is 8.42 Å². The maximum Gasteiger partial charge on any atom is 0.263 e. The monoisotopic (exact) mass is 441 g/mol. The van der Waals surface area contributed by atoms with Gasteiger partial charge in [0.25, 0.3) is 10.0 Å². The zero-order valence-corrected chi connectivity index (χ0v) is 14.4. The fourth-order valence-corrected chi connectivity index (χ4v) is 4.51. The minimum atomic E-state index is -3.83. The van der Waals surface area contributed by atoms with Crippen molar-refractivity contribution in [3.05, 3.63) is 56.2 Å². The highest BCUT2D eigenvalue weighted by atomic mass is 79.9. The smallest absolute Gasteiger partial charge is 0.263 e. The average Bonchev–Trinajstić information content (AvgIpc) is 2.32. The van der Waals surface area contributed by atoms with Crippen LogP contribution in [0.4, 0.5) is 10.1 Å². The molecule has 0 aromatic heterocycles. The molecule has 0 amide bonds. The van der Waals surface area contributed by atoms with E-state index in [1.165, 1.54) is 12.1 Å². The van der Waals surface area contributed by atoms with Gasteiger partial charge in [0.05, 0.1) is 5.69 Å². The molecule has 1 N–H and O–H groups in total. The highest BCUT2D eigenvalue weighted by molar-refractivity contribution is 9.11. The second kappa shape index (κ2) is 6.01. The van der Waals surface area contributed by atoms with Crippen molar-refractivity contribution in [2.75, 3.05) is 4.72 Å². The second-order valence-corrected chi connectivity index (χ2v) is 7.60. The first-order chi connectivity index (χ1) is 9.29. The van der Waals surface area contributed by atoms with Crippen LogP contribution in [0.1, 0.15) is 0 Å². The maximum absolute atomic E-state index is 13.0. The third-order valence-electron chi connectivity index (χ3n) is 2.36. The lowest BCUT2D eigenvalue weighted by Crippen LogP contribution is -2.14. The Morgan fingerprint density at radius 1 is 1.05 bits per heavy atom. The summed E-state index contributed by atoms with van der Waals surface area (Å²) >= 11 is 12.0. The Balaban J connectivity index is 2.41. The van der Waals surface area contributed by atoms with Crippen LogP contribution in [0.15, 0.2) is 50.2 Å². The number of rotatable bonds is 3. The van der Waals surface area contributed by atoms with Crippen molar-refractivity contribution in [3.8, 4) is 0 Å². The molecule has 0 atom stereocenters. The summed E-state index contributed by atoms with van der Waals surface area (Å²) in [6.45, 7) is 0. The van der Waals surface area contributed by atoms with Crippen LogP contribution < -0.4 is 4.72 Å². The number of halogens is 4. The molecule has 2 aromatic rings. The molecule has 0 heterocycles. The van der Waals surface area contributed by atoms with Crippen molar-refractivity contribution < 1.29 is 12.8 Å². The normalized spacial score (nSPS) is 11.4. The van der Waals surface area contributed by atoms with E-state index < -0.39 is 15.8 Å². The maximum atomic E-state index is 13.0. The molecule has 0 saturated heterocycles. The number of nitrogens with one attached hydrogen (secondary N) is 1. The van der Waals surface area contributed by atoms with Crippen molar-refractivity contribution in [2.24, 2.45) is 0 Å². The van der Waals surface area contributed by atoms with E-state index in [0.29, 0.717) is 15.2 Å². The number of hydrogen-bond donors (Lipinski definition) is 1. The molecular weight excluding hydrogens is 436 g/mol. The van der Waals surface area contributed by atoms with E-state index in [0.717, 1.165) is 12.1 Å². The first kappa shape index (κ1) is 15.8. The van der Waals surface area contributed by atoms with Gasteiger partial charge in [-0.15, -0.1) is 0 Å². The molecule has 20 heavy (non-hydrogen) atoms. The minimum Gasteiger partial charge on any atom is -0.278 e. The minimum absolute atomic E-state index is 0.0549. The molecule has 106 valence electrons.